The molecule has 0 aliphatic heterocycles. The van der Waals surface area contributed by atoms with E-state index in [1.165, 1.54) is 6.07 Å². The molecule has 18 heavy (non-hydrogen) atoms. The van der Waals surface area contributed by atoms with Crippen molar-refractivity contribution in [2.75, 3.05) is 7.05 Å². The minimum atomic E-state index is -0.392. The van der Waals surface area contributed by atoms with Crippen molar-refractivity contribution in [1.82, 2.24) is 10.3 Å². The Kier molecular flexibility index (Phi) is 4.28. The maximum absolute atomic E-state index is 13.1. The average molecular weight is 265 g/mol. The van der Waals surface area contributed by atoms with Crippen molar-refractivity contribution in [2.24, 2.45) is 0 Å². The van der Waals surface area contributed by atoms with E-state index in [2.05, 4.69) is 10.3 Å². The van der Waals surface area contributed by atoms with E-state index in [4.69, 9.17) is 11.6 Å². The molecular weight excluding hydrogens is 251 g/mol. The minimum Gasteiger partial charge on any atom is -0.313 e. The molecule has 0 saturated carbocycles. The lowest BCUT2D eigenvalue weighted by Crippen LogP contribution is -2.19. The van der Waals surface area contributed by atoms with E-state index in [0.29, 0.717) is 0 Å². The monoisotopic (exact) mass is 264 g/mol. The molecule has 1 unspecified atom stereocenters. The van der Waals surface area contributed by atoms with Crippen LogP contribution in [0, 0.1) is 5.82 Å². The van der Waals surface area contributed by atoms with Crippen molar-refractivity contribution in [1.29, 1.82) is 0 Å². The van der Waals surface area contributed by atoms with Gasteiger partial charge in [-0.15, -0.1) is 0 Å². The molecule has 1 aromatic heterocycles. The zero-order chi connectivity index (χ0) is 13.0. The van der Waals surface area contributed by atoms with Crippen molar-refractivity contribution in [3.63, 3.8) is 0 Å². The lowest BCUT2D eigenvalue weighted by Gasteiger charge is -2.17. The van der Waals surface area contributed by atoms with E-state index in [1.807, 2.05) is 25.4 Å². The molecule has 0 aliphatic rings. The van der Waals surface area contributed by atoms with E-state index in [9.17, 15) is 4.39 Å². The van der Waals surface area contributed by atoms with Crippen LogP contribution in [0.15, 0.2) is 42.7 Å². The third kappa shape index (κ3) is 3.06. The van der Waals surface area contributed by atoms with Crippen molar-refractivity contribution < 1.29 is 4.39 Å². The summed E-state index contributed by atoms with van der Waals surface area (Å²) in [4.78, 5) is 4.08. The van der Waals surface area contributed by atoms with Gasteiger partial charge in [0.1, 0.15) is 5.82 Å². The van der Waals surface area contributed by atoms with Crippen LogP contribution in [0.3, 0.4) is 0 Å². The van der Waals surface area contributed by atoms with Gasteiger partial charge in [-0.2, -0.15) is 0 Å². The van der Waals surface area contributed by atoms with Crippen molar-refractivity contribution in [3.8, 4) is 0 Å². The number of nitrogens with zero attached hydrogens (tertiary/aromatic N) is 1. The fourth-order valence-electron chi connectivity index (χ4n) is 1.87. The molecular formula is C14H14ClFN2. The van der Waals surface area contributed by atoms with E-state index in [1.54, 1.807) is 18.3 Å². The summed E-state index contributed by atoms with van der Waals surface area (Å²) in [6.07, 6.45) is 4.36. The number of likely N-dealkylation sites (N-methyl/N-ethyl adjacent to an activating group) is 1. The quantitative estimate of drug-likeness (QED) is 0.916. The maximum atomic E-state index is 13.1. The van der Waals surface area contributed by atoms with Crippen LogP contribution in [0.5, 0.6) is 0 Å². The van der Waals surface area contributed by atoms with E-state index < -0.39 is 5.82 Å². The number of halogens is 2. The average Bonchev–Trinajstić information content (AvgIpc) is 2.40. The highest BCUT2D eigenvalue weighted by Crippen LogP contribution is 2.23. The number of aromatic nitrogens is 1. The first-order chi connectivity index (χ1) is 8.70. The largest absolute Gasteiger partial charge is 0.313 e. The first-order valence-corrected chi connectivity index (χ1v) is 6.09. The van der Waals surface area contributed by atoms with Crippen molar-refractivity contribution in [2.45, 2.75) is 12.5 Å². The molecule has 94 valence electrons. The molecule has 0 amide bonds. The van der Waals surface area contributed by atoms with E-state index >= 15 is 0 Å². The van der Waals surface area contributed by atoms with Gasteiger partial charge in [-0.3, -0.25) is 4.98 Å². The Morgan fingerprint density at radius 2 is 2.22 bits per heavy atom. The van der Waals surface area contributed by atoms with Gasteiger partial charge in [0, 0.05) is 18.4 Å². The Labute approximate surface area is 111 Å². The van der Waals surface area contributed by atoms with Gasteiger partial charge in [0.15, 0.2) is 0 Å². The normalized spacial score (nSPS) is 12.4. The summed E-state index contributed by atoms with van der Waals surface area (Å²) >= 11 is 5.80. The summed E-state index contributed by atoms with van der Waals surface area (Å²) in [6, 6.07) is 8.81. The van der Waals surface area contributed by atoms with Crippen molar-refractivity contribution in [3.05, 3.63) is 64.7 Å². The van der Waals surface area contributed by atoms with Gasteiger partial charge in [-0.25, -0.2) is 4.39 Å². The van der Waals surface area contributed by atoms with Gasteiger partial charge in [-0.1, -0.05) is 23.7 Å². The lowest BCUT2D eigenvalue weighted by molar-refractivity contribution is 0.585. The fourth-order valence-corrected chi connectivity index (χ4v) is 2.06. The molecule has 1 atom stereocenters. The Hall–Kier alpha value is -1.45. The number of rotatable bonds is 4. The van der Waals surface area contributed by atoms with Gasteiger partial charge < -0.3 is 5.32 Å². The molecule has 2 nitrogen and oxygen atoms in total. The topological polar surface area (TPSA) is 24.9 Å². The van der Waals surface area contributed by atoms with Crippen molar-refractivity contribution >= 4 is 11.6 Å². The molecule has 0 aliphatic carbocycles. The summed E-state index contributed by atoms with van der Waals surface area (Å²) < 4.78 is 13.1. The number of benzene rings is 1. The van der Waals surface area contributed by atoms with Crippen LogP contribution in [-0.2, 0) is 6.42 Å². The van der Waals surface area contributed by atoms with Crippen LogP contribution in [0.25, 0.3) is 0 Å². The second kappa shape index (κ2) is 5.94. The third-order valence-corrected chi connectivity index (χ3v) is 3.15. The Morgan fingerprint density at radius 3 is 2.83 bits per heavy atom. The van der Waals surface area contributed by atoms with Gasteiger partial charge in [-0.05, 0) is 42.8 Å². The van der Waals surface area contributed by atoms with Crippen LogP contribution < -0.4 is 5.32 Å². The highest BCUT2D eigenvalue weighted by atomic mass is 35.5. The molecule has 2 rings (SSSR count). The number of nitrogens with one attached hydrogen (secondary N) is 1. The maximum Gasteiger partial charge on any atom is 0.141 e. The summed E-state index contributed by atoms with van der Waals surface area (Å²) in [5.41, 5.74) is 2.09. The van der Waals surface area contributed by atoms with Gasteiger partial charge in [0.05, 0.1) is 5.02 Å². The minimum absolute atomic E-state index is 0.0901. The summed E-state index contributed by atoms with van der Waals surface area (Å²) in [5, 5.41) is 3.36. The number of hydrogen-bond donors (Lipinski definition) is 1. The molecule has 1 aromatic carbocycles. The zero-order valence-electron chi connectivity index (χ0n) is 10.0. The second-order valence-corrected chi connectivity index (χ2v) is 4.49. The summed E-state index contributed by atoms with van der Waals surface area (Å²) in [5.74, 6) is -0.392. The van der Waals surface area contributed by atoms with E-state index in [-0.39, 0.29) is 11.1 Å². The Morgan fingerprint density at radius 1 is 1.39 bits per heavy atom. The van der Waals surface area contributed by atoms with Gasteiger partial charge in [0.2, 0.25) is 0 Å². The predicted octanol–water partition coefficient (Wildman–Crippen LogP) is 3.38. The molecule has 0 bridgehead atoms. The number of pyridine rings is 1. The van der Waals surface area contributed by atoms with Crippen LogP contribution in [-0.4, -0.2) is 12.0 Å². The summed E-state index contributed by atoms with van der Waals surface area (Å²) in [7, 11) is 1.87. The molecule has 0 spiro atoms. The molecule has 1 N–H and O–H groups in total. The standard InChI is InChI=1S/C14H14ClFN2/c1-17-14(7-10-3-2-6-18-9-10)11-4-5-13(16)12(15)8-11/h2-6,8-9,14,17H,7H2,1H3. The first-order valence-electron chi connectivity index (χ1n) is 5.72. The van der Waals surface area contributed by atoms with Crippen LogP contribution in [0.2, 0.25) is 5.02 Å². The van der Waals surface area contributed by atoms with Crippen LogP contribution in [0.1, 0.15) is 17.2 Å². The molecule has 1 heterocycles. The molecule has 0 radical (unpaired) electrons. The molecule has 2 aromatic rings. The predicted molar refractivity (Wildman–Crippen MR) is 71.2 cm³/mol. The molecule has 0 saturated heterocycles. The lowest BCUT2D eigenvalue weighted by atomic mass is 10.00. The van der Waals surface area contributed by atoms with Gasteiger partial charge in [0.25, 0.3) is 0 Å². The highest BCUT2D eigenvalue weighted by molar-refractivity contribution is 6.30. The first kappa shape index (κ1) is 13.0. The summed E-state index contributed by atoms with van der Waals surface area (Å²) in [6.45, 7) is 0. The highest BCUT2D eigenvalue weighted by Gasteiger charge is 2.12. The fraction of sp³-hybridized carbons (Fsp3) is 0.214. The number of hydrogen-bond acceptors (Lipinski definition) is 2. The Bertz CT molecular complexity index is 516. The van der Waals surface area contributed by atoms with E-state index in [0.717, 1.165) is 17.5 Å². The Balaban J connectivity index is 2.20. The molecule has 4 heteroatoms. The zero-order valence-corrected chi connectivity index (χ0v) is 10.8. The smallest absolute Gasteiger partial charge is 0.141 e. The molecule has 0 fully saturated rings. The third-order valence-electron chi connectivity index (χ3n) is 2.86. The van der Waals surface area contributed by atoms with Crippen LogP contribution >= 0.6 is 11.6 Å². The SMILES string of the molecule is CNC(Cc1cccnc1)c1ccc(F)c(Cl)c1. The second-order valence-electron chi connectivity index (χ2n) is 4.08. The van der Waals surface area contributed by atoms with Crippen LogP contribution in [0.4, 0.5) is 4.39 Å². The van der Waals surface area contributed by atoms with Gasteiger partial charge >= 0.3 is 0 Å².